The van der Waals surface area contributed by atoms with Crippen molar-refractivity contribution in [3.63, 3.8) is 0 Å². The molecule has 0 spiro atoms. The van der Waals surface area contributed by atoms with Crippen molar-refractivity contribution in [1.82, 2.24) is 14.8 Å². The Labute approximate surface area is 204 Å². The molecule has 11 heteroatoms. The molecule has 2 unspecified atom stereocenters. The Morgan fingerprint density at radius 3 is 2.89 bits per heavy atom. The van der Waals surface area contributed by atoms with Gasteiger partial charge in [-0.25, -0.2) is 9.60 Å². The quantitative estimate of drug-likeness (QED) is 0.523. The Kier molecular flexibility index (Phi) is 5.96. The maximum Gasteiger partial charge on any atom is 0.275 e. The minimum absolute atomic E-state index is 0.0682. The zero-order valence-corrected chi connectivity index (χ0v) is 19.4. The number of benzene rings is 1. The van der Waals surface area contributed by atoms with E-state index in [1.165, 1.54) is 29.2 Å². The summed E-state index contributed by atoms with van der Waals surface area (Å²) in [5.74, 6) is -1.15. The Morgan fingerprint density at radius 2 is 2.11 bits per heavy atom. The molecule has 5 rings (SSSR count). The van der Waals surface area contributed by atoms with Crippen LogP contribution >= 0.6 is 11.6 Å². The summed E-state index contributed by atoms with van der Waals surface area (Å²) in [5.41, 5.74) is -0.479. The number of nitrogens with zero attached hydrogens (tertiary/aromatic N) is 3. The molecule has 9 nitrogen and oxygen atoms in total. The monoisotopic (exact) mass is 501 g/mol. The van der Waals surface area contributed by atoms with Gasteiger partial charge in [0.1, 0.15) is 23.6 Å². The molecule has 1 saturated heterocycles. The highest BCUT2D eigenvalue weighted by Crippen LogP contribution is 2.30. The molecule has 2 aliphatic rings. The highest BCUT2D eigenvalue weighted by atomic mass is 35.5. The van der Waals surface area contributed by atoms with Crippen LogP contribution in [0, 0.1) is 5.82 Å². The van der Waals surface area contributed by atoms with E-state index in [-0.39, 0.29) is 47.4 Å². The van der Waals surface area contributed by atoms with Gasteiger partial charge in [0.25, 0.3) is 11.8 Å². The van der Waals surface area contributed by atoms with Gasteiger partial charge in [0, 0.05) is 37.3 Å². The van der Waals surface area contributed by atoms with E-state index in [9.17, 15) is 24.0 Å². The number of hydrogen-bond donors (Lipinski definition) is 2. The zero-order chi connectivity index (χ0) is 24.7. The van der Waals surface area contributed by atoms with Crippen LogP contribution in [0.1, 0.15) is 38.6 Å². The normalized spacial score (nSPS) is 21.4. The van der Waals surface area contributed by atoms with E-state index in [1.807, 2.05) is 0 Å². The van der Waals surface area contributed by atoms with Crippen molar-refractivity contribution in [1.29, 1.82) is 0 Å². The van der Waals surface area contributed by atoms with Crippen LogP contribution in [0.15, 0.2) is 58.1 Å². The van der Waals surface area contributed by atoms with Crippen molar-refractivity contribution in [3.8, 4) is 0 Å². The minimum atomic E-state index is -0.705. The molecule has 2 aliphatic heterocycles. The number of nitrogens with one attached hydrogen (secondary N) is 1. The smallest absolute Gasteiger partial charge is 0.275 e. The molecular weight excluding hydrogens is 479 g/mol. The van der Waals surface area contributed by atoms with Crippen molar-refractivity contribution in [2.75, 3.05) is 13.1 Å². The standard InChI is InChI=1S/C24H22ClFN4O5/c25-18-6-1-4-15(22(18)26)11-27-23(32)17-12-28-13-21-29(24(33)19(28)10-20(17)31)7-3-8-30(21,34)14-16-5-2-9-35-16/h1-2,4-6,9-10,12,21,34H,3,7-8,11,13-14H2/p+1. The lowest BCUT2D eigenvalue weighted by molar-refractivity contribution is -1.14. The van der Waals surface area contributed by atoms with E-state index in [2.05, 4.69) is 5.32 Å². The first-order chi connectivity index (χ1) is 16.8. The molecule has 3 aromatic rings. The summed E-state index contributed by atoms with van der Waals surface area (Å²) in [5, 5.41) is 13.9. The number of furan rings is 1. The van der Waals surface area contributed by atoms with E-state index in [1.54, 1.807) is 23.1 Å². The van der Waals surface area contributed by atoms with E-state index in [4.69, 9.17) is 16.0 Å². The average molecular weight is 502 g/mol. The predicted molar refractivity (Wildman–Crippen MR) is 122 cm³/mol. The number of amides is 2. The Balaban J connectivity index is 1.42. The molecule has 182 valence electrons. The number of quaternary nitrogens is 1. The third-order valence-electron chi connectivity index (χ3n) is 6.55. The highest BCUT2D eigenvalue weighted by molar-refractivity contribution is 6.30. The van der Waals surface area contributed by atoms with E-state index < -0.39 is 28.0 Å². The van der Waals surface area contributed by atoms with Crippen LogP contribution in [0.2, 0.25) is 5.02 Å². The summed E-state index contributed by atoms with van der Waals surface area (Å²) in [6, 6.07) is 9.07. The first kappa shape index (κ1) is 23.3. The zero-order valence-electron chi connectivity index (χ0n) is 18.6. The molecule has 1 aromatic carbocycles. The summed E-state index contributed by atoms with van der Waals surface area (Å²) >= 11 is 5.78. The van der Waals surface area contributed by atoms with Crippen LogP contribution in [-0.4, -0.2) is 50.4 Å². The molecule has 2 amide bonds. The van der Waals surface area contributed by atoms with Gasteiger partial charge in [0.15, 0.2) is 17.7 Å². The molecule has 2 aromatic heterocycles. The van der Waals surface area contributed by atoms with E-state index in [0.29, 0.717) is 25.3 Å². The van der Waals surface area contributed by atoms with Crippen molar-refractivity contribution in [3.05, 3.63) is 92.5 Å². The maximum atomic E-state index is 14.1. The number of carbonyl (C=O) groups is 2. The number of carbonyl (C=O) groups excluding carboxylic acids is 2. The summed E-state index contributed by atoms with van der Waals surface area (Å²) in [6.45, 7) is 1.06. The van der Waals surface area contributed by atoms with Gasteiger partial charge in [-0.1, -0.05) is 23.7 Å². The van der Waals surface area contributed by atoms with Gasteiger partial charge in [-0.05, 0) is 18.2 Å². The van der Waals surface area contributed by atoms with E-state index >= 15 is 0 Å². The van der Waals surface area contributed by atoms with Gasteiger partial charge in [-0.3, -0.25) is 19.3 Å². The molecule has 4 heterocycles. The number of pyridine rings is 1. The Morgan fingerprint density at radius 1 is 1.29 bits per heavy atom. The number of fused-ring (bicyclic) bond motifs is 2. The SMILES string of the molecule is O=C(NCc1cccc(Cl)c1F)c1cn2c(cc1=O)C(=O)N1CCC[N+](O)(Cc3ccco3)C1C2. The predicted octanol–water partition coefficient (Wildman–Crippen LogP) is 2.76. The fourth-order valence-corrected chi connectivity index (χ4v) is 4.97. The molecular formula is C24H23ClFN4O5+. The van der Waals surface area contributed by atoms with Gasteiger partial charge in [-0.2, -0.15) is 4.65 Å². The lowest BCUT2D eigenvalue weighted by Crippen LogP contribution is -2.68. The van der Waals surface area contributed by atoms with Crippen LogP contribution in [0.4, 0.5) is 4.39 Å². The highest BCUT2D eigenvalue weighted by Gasteiger charge is 2.49. The van der Waals surface area contributed by atoms with E-state index in [0.717, 1.165) is 6.07 Å². The molecule has 2 atom stereocenters. The summed E-state index contributed by atoms with van der Waals surface area (Å²) < 4.78 is 20.6. The number of aromatic nitrogens is 1. The summed E-state index contributed by atoms with van der Waals surface area (Å²) in [4.78, 5) is 40.3. The minimum Gasteiger partial charge on any atom is -0.463 e. The van der Waals surface area contributed by atoms with Crippen LogP contribution in [0.5, 0.6) is 0 Å². The maximum absolute atomic E-state index is 14.1. The largest absolute Gasteiger partial charge is 0.463 e. The number of rotatable bonds is 5. The average Bonchev–Trinajstić information content (AvgIpc) is 3.33. The lowest BCUT2D eigenvalue weighted by atomic mass is 10.1. The fraction of sp³-hybridized carbons (Fsp3) is 0.292. The number of hydrogen-bond acceptors (Lipinski definition) is 5. The number of halogens is 2. The van der Waals surface area contributed by atoms with Crippen LogP contribution in [-0.2, 0) is 19.6 Å². The second kappa shape index (κ2) is 8.95. The molecule has 0 radical (unpaired) electrons. The van der Waals surface area contributed by atoms with Crippen LogP contribution in [0.25, 0.3) is 0 Å². The summed E-state index contributed by atoms with van der Waals surface area (Å²) in [6.07, 6.45) is 2.81. The Bertz CT molecular complexity index is 1360. The topological polar surface area (TPSA) is 105 Å². The van der Waals surface area contributed by atoms with Crippen molar-refractivity contribution in [2.24, 2.45) is 0 Å². The van der Waals surface area contributed by atoms with Crippen molar-refractivity contribution in [2.45, 2.75) is 32.2 Å². The summed E-state index contributed by atoms with van der Waals surface area (Å²) in [7, 11) is 0. The Hall–Kier alpha value is -3.47. The molecule has 1 fully saturated rings. The second-order valence-corrected chi connectivity index (χ2v) is 9.17. The molecule has 0 saturated carbocycles. The first-order valence-corrected chi connectivity index (χ1v) is 11.5. The van der Waals surface area contributed by atoms with Gasteiger partial charge in [0.2, 0.25) is 6.17 Å². The lowest BCUT2D eigenvalue weighted by Gasteiger charge is -2.48. The molecule has 0 aliphatic carbocycles. The molecule has 2 N–H and O–H groups in total. The van der Waals surface area contributed by atoms with Gasteiger partial charge < -0.3 is 14.3 Å². The van der Waals surface area contributed by atoms with Crippen molar-refractivity contribution < 1.29 is 28.3 Å². The fourth-order valence-electron chi connectivity index (χ4n) is 4.78. The van der Waals surface area contributed by atoms with Crippen LogP contribution < -0.4 is 10.7 Å². The van der Waals surface area contributed by atoms with Gasteiger partial charge >= 0.3 is 0 Å². The van der Waals surface area contributed by atoms with Gasteiger partial charge in [0.05, 0.1) is 17.8 Å². The van der Waals surface area contributed by atoms with Crippen molar-refractivity contribution >= 4 is 23.4 Å². The second-order valence-electron chi connectivity index (χ2n) is 8.77. The third-order valence-corrected chi connectivity index (χ3v) is 6.84. The van der Waals surface area contributed by atoms with Crippen LogP contribution in [0.3, 0.4) is 0 Å². The molecule has 0 bridgehead atoms. The third kappa shape index (κ3) is 4.24. The number of hydroxylamine groups is 3. The van der Waals surface area contributed by atoms with Gasteiger partial charge in [-0.15, -0.1) is 0 Å². The molecule has 35 heavy (non-hydrogen) atoms. The first-order valence-electron chi connectivity index (χ1n) is 11.2.